The Morgan fingerprint density at radius 2 is 1.75 bits per heavy atom. The van der Waals surface area contributed by atoms with Gasteiger partial charge in [0.25, 0.3) is 0 Å². The molecule has 0 saturated heterocycles. The quantitative estimate of drug-likeness (QED) is 0.855. The van der Waals surface area contributed by atoms with Gasteiger partial charge in [0.2, 0.25) is 0 Å². The summed E-state index contributed by atoms with van der Waals surface area (Å²) in [5.41, 5.74) is -0.107. The molecule has 1 rings (SSSR count). The first-order valence-corrected chi connectivity index (χ1v) is 5.03. The van der Waals surface area contributed by atoms with Crippen LogP contribution in [0.15, 0.2) is 12.1 Å². The molecule has 2 N–H and O–H groups in total. The first-order chi connectivity index (χ1) is 7.36. The molecular formula is C11H11ClO4. The molecule has 0 atom stereocenters. The lowest BCUT2D eigenvalue weighted by molar-refractivity contribution is 0.0650. The van der Waals surface area contributed by atoms with Gasteiger partial charge in [-0.05, 0) is 23.6 Å². The van der Waals surface area contributed by atoms with E-state index in [4.69, 9.17) is 21.8 Å². The van der Waals surface area contributed by atoms with E-state index >= 15 is 0 Å². The number of aromatic carboxylic acids is 2. The van der Waals surface area contributed by atoms with Crippen LogP contribution >= 0.6 is 11.6 Å². The Labute approximate surface area is 97.5 Å². The van der Waals surface area contributed by atoms with Gasteiger partial charge in [-0.15, -0.1) is 0 Å². The highest BCUT2D eigenvalue weighted by molar-refractivity contribution is 6.32. The minimum Gasteiger partial charge on any atom is -0.478 e. The molecule has 0 amide bonds. The van der Waals surface area contributed by atoms with Gasteiger partial charge in [-0.3, -0.25) is 0 Å². The topological polar surface area (TPSA) is 74.6 Å². The summed E-state index contributed by atoms with van der Waals surface area (Å²) < 4.78 is 0. The van der Waals surface area contributed by atoms with Crippen LogP contribution in [0, 0.1) is 0 Å². The summed E-state index contributed by atoms with van der Waals surface area (Å²) >= 11 is 5.89. The summed E-state index contributed by atoms with van der Waals surface area (Å²) in [6.07, 6.45) is 0. The molecule has 0 fully saturated rings. The molecule has 1 aromatic rings. The zero-order valence-corrected chi connectivity index (χ0v) is 9.58. The summed E-state index contributed by atoms with van der Waals surface area (Å²) in [4.78, 5) is 22.0. The average molecular weight is 243 g/mol. The van der Waals surface area contributed by atoms with Crippen LogP contribution in [0.3, 0.4) is 0 Å². The standard InChI is InChI=1S/C11H11ClO4/c1-5(2)8-7(12)4-3-6(10(13)14)9(8)11(15)16/h3-5H,1-2H3,(H,13,14)(H,15,16). The molecule has 0 unspecified atom stereocenters. The van der Waals surface area contributed by atoms with E-state index in [9.17, 15) is 9.59 Å². The second-order valence-electron chi connectivity index (χ2n) is 3.65. The van der Waals surface area contributed by atoms with Crippen molar-refractivity contribution in [2.24, 2.45) is 0 Å². The van der Waals surface area contributed by atoms with Crippen molar-refractivity contribution in [3.05, 3.63) is 33.8 Å². The Bertz CT molecular complexity index is 452. The van der Waals surface area contributed by atoms with Crippen LogP contribution in [0.5, 0.6) is 0 Å². The van der Waals surface area contributed by atoms with E-state index in [0.29, 0.717) is 5.56 Å². The average Bonchev–Trinajstić information content (AvgIpc) is 2.15. The Morgan fingerprint density at radius 1 is 1.19 bits per heavy atom. The van der Waals surface area contributed by atoms with Crippen molar-refractivity contribution in [3.8, 4) is 0 Å². The number of carbonyl (C=O) groups is 2. The van der Waals surface area contributed by atoms with E-state index in [2.05, 4.69) is 0 Å². The highest BCUT2D eigenvalue weighted by Crippen LogP contribution is 2.30. The third-order valence-electron chi connectivity index (χ3n) is 2.21. The van der Waals surface area contributed by atoms with Crippen molar-refractivity contribution in [2.45, 2.75) is 19.8 Å². The van der Waals surface area contributed by atoms with Crippen molar-refractivity contribution in [1.82, 2.24) is 0 Å². The number of rotatable bonds is 3. The molecule has 0 radical (unpaired) electrons. The second-order valence-corrected chi connectivity index (χ2v) is 4.06. The van der Waals surface area contributed by atoms with E-state index in [0.717, 1.165) is 0 Å². The predicted octanol–water partition coefficient (Wildman–Crippen LogP) is 2.86. The van der Waals surface area contributed by atoms with E-state index in [1.807, 2.05) is 0 Å². The maximum Gasteiger partial charge on any atom is 0.336 e. The van der Waals surface area contributed by atoms with Crippen LogP contribution in [0.1, 0.15) is 46.0 Å². The molecule has 1 aromatic carbocycles. The SMILES string of the molecule is CC(C)c1c(Cl)ccc(C(=O)O)c1C(=O)O. The van der Waals surface area contributed by atoms with E-state index in [-0.39, 0.29) is 22.1 Å². The second kappa shape index (κ2) is 4.53. The molecule has 0 aromatic heterocycles. The minimum absolute atomic E-state index is 0.155. The number of halogens is 1. The highest BCUT2D eigenvalue weighted by atomic mass is 35.5. The van der Waals surface area contributed by atoms with Gasteiger partial charge >= 0.3 is 11.9 Å². The zero-order valence-electron chi connectivity index (χ0n) is 8.82. The van der Waals surface area contributed by atoms with E-state index in [1.54, 1.807) is 13.8 Å². The molecule has 4 nitrogen and oxygen atoms in total. The molecule has 0 saturated carbocycles. The molecule has 0 aliphatic heterocycles. The van der Waals surface area contributed by atoms with Crippen molar-refractivity contribution in [1.29, 1.82) is 0 Å². The number of carboxylic acids is 2. The third kappa shape index (κ3) is 2.17. The van der Waals surface area contributed by atoms with E-state index in [1.165, 1.54) is 12.1 Å². The number of carboxylic acid groups (broad SMARTS) is 2. The van der Waals surface area contributed by atoms with Crippen molar-refractivity contribution in [3.63, 3.8) is 0 Å². The van der Waals surface area contributed by atoms with Crippen molar-refractivity contribution >= 4 is 23.5 Å². The van der Waals surface area contributed by atoms with Crippen LogP contribution in [-0.2, 0) is 0 Å². The molecular weight excluding hydrogens is 232 g/mol. The van der Waals surface area contributed by atoms with Gasteiger partial charge in [0.15, 0.2) is 0 Å². The lowest BCUT2D eigenvalue weighted by Crippen LogP contribution is -2.12. The van der Waals surface area contributed by atoms with Gasteiger partial charge in [-0.25, -0.2) is 9.59 Å². The first-order valence-electron chi connectivity index (χ1n) is 4.65. The Hall–Kier alpha value is -1.55. The summed E-state index contributed by atoms with van der Waals surface area (Å²) in [7, 11) is 0. The van der Waals surface area contributed by atoms with Gasteiger partial charge in [0.05, 0.1) is 11.1 Å². The first kappa shape index (κ1) is 12.5. The summed E-state index contributed by atoms with van der Waals surface area (Å²) in [5, 5.41) is 18.2. The molecule has 5 heteroatoms. The Balaban J connectivity index is 3.63. The fourth-order valence-corrected chi connectivity index (χ4v) is 1.94. The van der Waals surface area contributed by atoms with Crippen LogP contribution in [0.2, 0.25) is 5.02 Å². The lowest BCUT2D eigenvalue weighted by atomic mass is 9.93. The molecule has 0 spiro atoms. The monoisotopic (exact) mass is 242 g/mol. The number of benzene rings is 1. The van der Waals surface area contributed by atoms with Gasteiger partial charge in [0, 0.05) is 5.02 Å². The van der Waals surface area contributed by atoms with Gasteiger partial charge < -0.3 is 10.2 Å². The normalized spacial score (nSPS) is 10.5. The van der Waals surface area contributed by atoms with Crippen molar-refractivity contribution in [2.75, 3.05) is 0 Å². The number of hydrogen-bond donors (Lipinski definition) is 2. The highest BCUT2D eigenvalue weighted by Gasteiger charge is 2.23. The molecule has 0 heterocycles. The van der Waals surface area contributed by atoms with Crippen LogP contribution in [0.25, 0.3) is 0 Å². The third-order valence-corrected chi connectivity index (χ3v) is 2.54. The molecule has 86 valence electrons. The fourth-order valence-electron chi connectivity index (χ4n) is 1.57. The van der Waals surface area contributed by atoms with Crippen LogP contribution in [-0.4, -0.2) is 22.2 Å². The predicted molar refractivity (Wildman–Crippen MR) is 59.5 cm³/mol. The van der Waals surface area contributed by atoms with Gasteiger partial charge in [-0.1, -0.05) is 25.4 Å². The number of hydrogen-bond acceptors (Lipinski definition) is 2. The summed E-state index contributed by atoms with van der Waals surface area (Å²) in [6, 6.07) is 2.62. The van der Waals surface area contributed by atoms with Crippen LogP contribution < -0.4 is 0 Å². The maximum absolute atomic E-state index is 11.1. The summed E-state index contributed by atoms with van der Waals surface area (Å²) in [6.45, 7) is 3.53. The van der Waals surface area contributed by atoms with Gasteiger partial charge in [0.1, 0.15) is 0 Å². The maximum atomic E-state index is 11.1. The Kier molecular flexibility index (Phi) is 3.55. The minimum atomic E-state index is -1.27. The summed E-state index contributed by atoms with van der Waals surface area (Å²) in [5.74, 6) is -2.70. The van der Waals surface area contributed by atoms with Crippen molar-refractivity contribution < 1.29 is 19.8 Å². The molecule has 0 aliphatic rings. The molecule has 0 bridgehead atoms. The van der Waals surface area contributed by atoms with Gasteiger partial charge in [-0.2, -0.15) is 0 Å². The van der Waals surface area contributed by atoms with E-state index < -0.39 is 11.9 Å². The molecule has 0 aliphatic carbocycles. The Morgan fingerprint density at radius 3 is 2.12 bits per heavy atom. The fraction of sp³-hybridized carbons (Fsp3) is 0.273. The van der Waals surface area contributed by atoms with Crippen LogP contribution in [0.4, 0.5) is 0 Å². The lowest BCUT2D eigenvalue weighted by Gasteiger charge is -2.13. The molecule has 16 heavy (non-hydrogen) atoms. The largest absolute Gasteiger partial charge is 0.478 e. The smallest absolute Gasteiger partial charge is 0.336 e. The zero-order chi connectivity index (χ0) is 12.5.